The van der Waals surface area contributed by atoms with Crippen molar-refractivity contribution in [2.45, 2.75) is 31.3 Å². The van der Waals surface area contributed by atoms with Crippen LogP contribution in [0.2, 0.25) is 0 Å². The van der Waals surface area contributed by atoms with Crippen LogP contribution in [0.3, 0.4) is 0 Å². The van der Waals surface area contributed by atoms with Gasteiger partial charge in [-0.15, -0.1) is 0 Å². The van der Waals surface area contributed by atoms with E-state index in [1.165, 1.54) is 0 Å². The van der Waals surface area contributed by atoms with Crippen LogP contribution >= 0.6 is 0 Å². The topological polar surface area (TPSA) is 99.1 Å². The molecule has 1 saturated carbocycles. The zero-order chi connectivity index (χ0) is 13.8. The maximum atomic E-state index is 12.1. The molecular formula is C12H20N2O5. The maximum Gasteiger partial charge on any atom is 0.318 e. The SMILES string of the molecule is O=C(O)C1COCC1NC(=O)N(CCO)C1CCC1. The Kier molecular flexibility index (Phi) is 4.60. The fourth-order valence-electron chi connectivity index (χ4n) is 2.44. The van der Waals surface area contributed by atoms with E-state index < -0.39 is 17.9 Å². The number of aliphatic carboxylic acids is 1. The van der Waals surface area contributed by atoms with Crippen molar-refractivity contribution >= 4 is 12.0 Å². The molecule has 2 amide bonds. The lowest BCUT2D eigenvalue weighted by molar-refractivity contribution is -0.142. The van der Waals surface area contributed by atoms with Crippen molar-refractivity contribution in [3.8, 4) is 0 Å². The zero-order valence-corrected chi connectivity index (χ0v) is 10.7. The van der Waals surface area contributed by atoms with E-state index in [0.29, 0.717) is 0 Å². The molecule has 1 aliphatic carbocycles. The highest BCUT2D eigenvalue weighted by atomic mass is 16.5. The average molecular weight is 272 g/mol. The molecule has 1 saturated heterocycles. The lowest BCUT2D eigenvalue weighted by atomic mass is 9.91. The van der Waals surface area contributed by atoms with Crippen molar-refractivity contribution in [3.63, 3.8) is 0 Å². The van der Waals surface area contributed by atoms with Gasteiger partial charge in [0, 0.05) is 12.6 Å². The van der Waals surface area contributed by atoms with Gasteiger partial charge in [-0.2, -0.15) is 0 Å². The lowest BCUT2D eigenvalue weighted by Gasteiger charge is -2.37. The number of amides is 2. The van der Waals surface area contributed by atoms with Crippen molar-refractivity contribution in [2.75, 3.05) is 26.4 Å². The Morgan fingerprint density at radius 1 is 1.32 bits per heavy atom. The van der Waals surface area contributed by atoms with E-state index in [4.69, 9.17) is 14.9 Å². The van der Waals surface area contributed by atoms with Crippen molar-refractivity contribution in [1.82, 2.24) is 10.2 Å². The number of carboxylic acids is 1. The highest BCUT2D eigenvalue weighted by Crippen LogP contribution is 2.25. The molecular weight excluding hydrogens is 252 g/mol. The van der Waals surface area contributed by atoms with E-state index in [-0.39, 0.29) is 38.4 Å². The molecule has 0 spiro atoms. The average Bonchev–Trinajstić information content (AvgIpc) is 2.74. The predicted octanol–water partition coefficient (Wildman–Crippen LogP) is -0.358. The summed E-state index contributed by atoms with van der Waals surface area (Å²) >= 11 is 0. The number of urea groups is 1. The Morgan fingerprint density at radius 3 is 2.58 bits per heavy atom. The number of nitrogens with zero attached hydrogens (tertiary/aromatic N) is 1. The van der Waals surface area contributed by atoms with Crippen molar-refractivity contribution in [2.24, 2.45) is 5.92 Å². The molecule has 1 aliphatic heterocycles. The molecule has 2 atom stereocenters. The fraction of sp³-hybridized carbons (Fsp3) is 0.833. The first-order valence-electron chi connectivity index (χ1n) is 6.62. The normalized spacial score (nSPS) is 26.8. The van der Waals surface area contributed by atoms with Crippen LogP contribution in [0.1, 0.15) is 19.3 Å². The Morgan fingerprint density at radius 2 is 2.05 bits per heavy atom. The first kappa shape index (κ1) is 14.1. The van der Waals surface area contributed by atoms with Gasteiger partial charge in [0.25, 0.3) is 0 Å². The first-order chi connectivity index (χ1) is 9.13. The van der Waals surface area contributed by atoms with E-state index in [1.54, 1.807) is 4.90 Å². The lowest BCUT2D eigenvalue weighted by Crippen LogP contribution is -2.54. The smallest absolute Gasteiger partial charge is 0.318 e. The van der Waals surface area contributed by atoms with Crippen molar-refractivity contribution in [1.29, 1.82) is 0 Å². The minimum atomic E-state index is -0.958. The molecule has 0 aromatic heterocycles. The minimum Gasteiger partial charge on any atom is -0.481 e. The number of rotatable bonds is 5. The highest BCUT2D eigenvalue weighted by Gasteiger charge is 2.37. The molecule has 0 aromatic carbocycles. The summed E-state index contributed by atoms with van der Waals surface area (Å²) in [4.78, 5) is 24.8. The quantitative estimate of drug-likeness (QED) is 0.635. The predicted molar refractivity (Wildman–Crippen MR) is 65.7 cm³/mol. The van der Waals surface area contributed by atoms with Gasteiger partial charge in [0.15, 0.2) is 0 Å². The van der Waals surface area contributed by atoms with Crippen LogP contribution < -0.4 is 5.32 Å². The molecule has 108 valence electrons. The summed E-state index contributed by atoms with van der Waals surface area (Å²) in [5.41, 5.74) is 0. The van der Waals surface area contributed by atoms with Gasteiger partial charge in [-0.1, -0.05) is 0 Å². The Hall–Kier alpha value is -1.34. The molecule has 0 radical (unpaired) electrons. The van der Waals surface area contributed by atoms with Crippen LogP contribution in [-0.2, 0) is 9.53 Å². The second-order valence-electron chi connectivity index (χ2n) is 5.04. The number of carboxylic acid groups (broad SMARTS) is 1. The third-order valence-electron chi connectivity index (χ3n) is 3.82. The fourth-order valence-corrected chi connectivity index (χ4v) is 2.44. The number of carbonyl (C=O) groups excluding carboxylic acids is 1. The number of aliphatic hydroxyl groups excluding tert-OH is 1. The molecule has 2 aliphatic rings. The van der Waals surface area contributed by atoms with Crippen LogP contribution in [0.25, 0.3) is 0 Å². The van der Waals surface area contributed by atoms with Gasteiger partial charge in [0.1, 0.15) is 5.92 Å². The monoisotopic (exact) mass is 272 g/mol. The van der Waals surface area contributed by atoms with E-state index in [2.05, 4.69) is 5.32 Å². The van der Waals surface area contributed by atoms with Gasteiger partial charge >= 0.3 is 12.0 Å². The van der Waals surface area contributed by atoms with E-state index in [1.807, 2.05) is 0 Å². The largest absolute Gasteiger partial charge is 0.481 e. The third kappa shape index (κ3) is 3.16. The summed E-state index contributed by atoms with van der Waals surface area (Å²) in [5, 5.41) is 20.7. The van der Waals surface area contributed by atoms with E-state index in [0.717, 1.165) is 19.3 Å². The van der Waals surface area contributed by atoms with Crippen molar-refractivity contribution < 1.29 is 24.5 Å². The van der Waals surface area contributed by atoms with Gasteiger partial charge in [0.05, 0.1) is 25.9 Å². The molecule has 2 rings (SSSR count). The summed E-state index contributed by atoms with van der Waals surface area (Å²) < 4.78 is 5.11. The van der Waals surface area contributed by atoms with E-state index in [9.17, 15) is 9.59 Å². The second kappa shape index (κ2) is 6.21. The number of aliphatic hydroxyl groups is 1. The molecule has 7 nitrogen and oxygen atoms in total. The highest BCUT2D eigenvalue weighted by molar-refractivity contribution is 5.77. The zero-order valence-electron chi connectivity index (χ0n) is 10.7. The van der Waals surface area contributed by atoms with Gasteiger partial charge < -0.3 is 25.2 Å². The molecule has 2 unspecified atom stereocenters. The third-order valence-corrected chi connectivity index (χ3v) is 3.82. The Balaban J connectivity index is 1.92. The van der Waals surface area contributed by atoms with E-state index >= 15 is 0 Å². The Bertz CT molecular complexity index is 345. The van der Waals surface area contributed by atoms with Gasteiger partial charge in [0.2, 0.25) is 0 Å². The molecule has 3 N–H and O–H groups in total. The van der Waals surface area contributed by atoms with Crippen LogP contribution in [0.5, 0.6) is 0 Å². The van der Waals surface area contributed by atoms with Crippen LogP contribution in [0.4, 0.5) is 4.79 Å². The minimum absolute atomic E-state index is 0.0898. The molecule has 2 fully saturated rings. The number of ether oxygens (including phenoxy) is 1. The maximum absolute atomic E-state index is 12.1. The molecule has 0 aromatic rings. The van der Waals surface area contributed by atoms with Gasteiger partial charge in [-0.25, -0.2) is 4.79 Å². The van der Waals surface area contributed by atoms with Gasteiger partial charge in [-0.3, -0.25) is 4.79 Å². The summed E-state index contributed by atoms with van der Waals surface area (Å²) in [7, 11) is 0. The number of hydrogen-bond donors (Lipinski definition) is 3. The number of hydrogen-bond acceptors (Lipinski definition) is 4. The van der Waals surface area contributed by atoms with Gasteiger partial charge in [-0.05, 0) is 19.3 Å². The van der Waals surface area contributed by atoms with Crippen LogP contribution in [0.15, 0.2) is 0 Å². The van der Waals surface area contributed by atoms with Crippen molar-refractivity contribution in [3.05, 3.63) is 0 Å². The first-order valence-corrected chi connectivity index (χ1v) is 6.62. The number of nitrogens with one attached hydrogen (secondary N) is 1. The number of carbonyl (C=O) groups is 2. The van der Waals surface area contributed by atoms with Crippen LogP contribution in [-0.4, -0.2) is 65.6 Å². The Labute approximate surface area is 111 Å². The standard InChI is InChI=1S/C12H20N2O5/c15-5-4-14(8-2-1-3-8)12(18)13-10-7-19-6-9(10)11(16)17/h8-10,15H,1-7H2,(H,13,18)(H,16,17). The molecule has 0 bridgehead atoms. The summed E-state index contributed by atoms with van der Waals surface area (Å²) in [6, 6.07) is -0.635. The molecule has 19 heavy (non-hydrogen) atoms. The second-order valence-corrected chi connectivity index (χ2v) is 5.04. The van der Waals surface area contributed by atoms with Crippen LogP contribution in [0, 0.1) is 5.92 Å². The molecule has 1 heterocycles. The summed E-state index contributed by atoms with van der Waals surface area (Å²) in [6.45, 7) is 0.541. The molecule has 7 heteroatoms. The summed E-state index contributed by atoms with van der Waals surface area (Å²) in [6.07, 6.45) is 2.97. The summed E-state index contributed by atoms with van der Waals surface area (Å²) in [5.74, 6) is -1.65.